The molecular weight excluding hydrogens is 350 g/mol. The number of carbonyl (C=O) groups is 1. The number of aromatic nitrogens is 1. The van der Waals surface area contributed by atoms with Crippen LogP contribution in [0.3, 0.4) is 0 Å². The zero-order chi connectivity index (χ0) is 19.3. The molecule has 0 aliphatic carbocycles. The second-order valence-electron chi connectivity index (χ2n) is 8.94. The Morgan fingerprint density at radius 2 is 2.14 bits per heavy atom. The summed E-state index contributed by atoms with van der Waals surface area (Å²) >= 11 is 0. The van der Waals surface area contributed by atoms with Crippen molar-refractivity contribution in [3.05, 3.63) is 42.1 Å². The average Bonchev–Trinajstić information content (AvgIpc) is 3.10. The topological polar surface area (TPSA) is 45.7 Å². The van der Waals surface area contributed by atoms with Crippen LogP contribution in [0.1, 0.15) is 38.7 Å². The molecule has 3 fully saturated rings. The Balaban J connectivity index is 1.38. The number of nitrogens with zero attached hydrogens (tertiary/aromatic N) is 3. The van der Waals surface area contributed by atoms with Crippen LogP contribution in [-0.2, 0) is 16.1 Å². The van der Waals surface area contributed by atoms with Crippen LogP contribution in [0, 0.1) is 11.8 Å². The van der Waals surface area contributed by atoms with Gasteiger partial charge in [0.05, 0.1) is 18.2 Å². The molecule has 5 rings (SSSR count). The summed E-state index contributed by atoms with van der Waals surface area (Å²) in [6.45, 7) is 7.93. The fourth-order valence-corrected chi connectivity index (χ4v) is 5.53. The van der Waals surface area contributed by atoms with Crippen molar-refractivity contribution in [1.82, 2.24) is 14.8 Å². The molecule has 5 nitrogen and oxygen atoms in total. The van der Waals surface area contributed by atoms with E-state index in [1.807, 2.05) is 12.3 Å². The summed E-state index contributed by atoms with van der Waals surface area (Å²) < 4.78 is 6.43. The monoisotopic (exact) mass is 379 g/mol. The van der Waals surface area contributed by atoms with Gasteiger partial charge < -0.3 is 9.64 Å². The molecule has 2 aromatic rings. The van der Waals surface area contributed by atoms with Gasteiger partial charge in [-0.15, -0.1) is 0 Å². The van der Waals surface area contributed by atoms with Crippen LogP contribution in [0.25, 0.3) is 10.9 Å². The van der Waals surface area contributed by atoms with Gasteiger partial charge in [-0.25, -0.2) is 0 Å². The number of fused-ring (bicyclic) bond motifs is 1. The maximum absolute atomic E-state index is 12.8. The van der Waals surface area contributed by atoms with Gasteiger partial charge in [0.2, 0.25) is 5.91 Å². The highest BCUT2D eigenvalue weighted by Gasteiger charge is 2.58. The molecule has 1 aromatic carbocycles. The molecule has 0 N–H and O–H groups in total. The Morgan fingerprint density at radius 1 is 1.29 bits per heavy atom. The number of hydrogen-bond acceptors (Lipinski definition) is 4. The molecular formula is C23H29N3O2. The molecule has 3 aliphatic heterocycles. The first-order valence-electron chi connectivity index (χ1n) is 10.6. The Bertz CT molecular complexity index is 893. The molecule has 3 aliphatic rings. The Labute approximate surface area is 166 Å². The number of likely N-dealkylation sites (tertiary alicyclic amines) is 1. The Morgan fingerprint density at radius 3 is 3.00 bits per heavy atom. The number of para-hydroxylation sites is 1. The molecule has 0 unspecified atom stereocenters. The third-order valence-corrected chi connectivity index (χ3v) is 7.00. The second kappa shape index (κ2) is 6.82. The van der Waals surface area contributed by atoms with Crippen LogP contribution in [0.2, 0.25) is 0 Å². The molecule has 0 radical (unpaired) electrons. The quantitative estimate of drug-likeness (QED) is 0.820. The maximum Gasteiger partial charge on any atom is 0.225 e. The van der Waals surface area contributed by atoms with Gasteiger partial charge in [0, 0.05) is 50.0 Å². The first kappa shape index (κ1) is 18.1. The summed E-state index contributed by atoms with van der Waals surface area (Å²) in [6.07, 6.45) is 4.37. The van der Waals surface area contributed by atoms with Crippen LogP contribution in [0.15, 0.2) is 36.5 Å². The van der Waals surface area contributed by atoms with Crippen molar-refractivity contribution in [2.24, 2.45) is 11.8 Å². The van der Waals surface area contributed by atoms with Crippen molar-refractivity contribution in [3.63, 3.8) is 0 Å². The predicted octanol–water partition coefficient (Wildman–Crippen LogP) is 3.43. The van der Waals surface area contributed by atoms with E-state index in [1.165, 1.54) is 10.9 Å². The van der Waals surface area contributed by atoms with E-state index in [1.54, 1.807) is 0 Å². The van der Waals surface area contributed by atoms with Crippen LogP contribution in [-0.4, -0.2) is 52.2 Å². The van der Waals surface area contributed by atoms with Crippen molar-refractivity contribution < 1.29 is 9.53 Å². The van der Waals surface area contributed by atoms with Gasteiger partial charge in [-0.05, 0) is 24.0 Å². The lowest BCUT2D eigenvalue weighted by Gasteiger charge is -2.53. The molecule has 28 heavy (non-hydrogen) atoms. The normalized spacial score (nSPS) is 30.7. The number of hydrogen-bond donors (Lipinski definition) is 0. The highest BCUT2D eigenvalue weighted by Crippen LogP contribution is 2.47. The molecule has 0 saturated carbocycles. The van der Waals surface area contributed by atoms with Crippen molar-refractivity contribution in [3.8, 4) is 0 Å². The zero-order valence-corrected chi connectivity index (χ0v) is 16.8. The molecule has 5 heteroatoms. The van der Waals surface area contributed by atoms with E-state index < -0.39 is 0 Å². The van der Waals surface area contributed by atoms with Gasteiger partial charge in [0.25, 0.3) is 0 Å². The van der Waals surface area contributed by atoms with Gasteiger partial charge in [-0.2, -0.15) is 0 Å². The van der Waals surface area contributed by atoms with Crippen molar-refractivity contribution in [2.75, 3.05) is 19.7 Å². The number of ether oxygens (including phenoxy) is 1. The lowest BCUT2D eigenvalue weighted by Crippen LogP contribution is -2.65. The van der Waals surface area contributed by atoms with E-state index in [2.05, 4.69) is 52.9 Å². The van der Waals surface area contributed by atoms with Crippen molar-refractivity contribution in [1.29, 1.82) is 0 Å². The molecule has 148 valence electrons. The third-order valence-electron chi connectivity index (χ3n) is 7.00. The average molecular weight is 380 g/mol. The fraction of sp³-hybridized carbons (Fsp3) is 0.565. The van der Waals surface area contributed by atoms with E-state index in [9.17, 15) is 4.79 Å². The molecule has 1 spiro atoms. The molecule has 0 bridgehead atoms. The van der Waals surface area contributed by atoms with Crippen LogP contribution >= 0.6 is 0 Å². The van der Waals surface area contributed by atoms with Crippen molar-refractivity contribution in [2.45, 2.75) is 51.4 Å². The number of carbonyl (C=O) groups excluding carboxylic acids is 1. The zero-order valence-electron chi connectivity index (χ0n) is 16.8. The highest BCUT2D eigenvalue weighted by molar-refractivity contribution is 5.81. The van der Waals surface area contributed by atoms with Crippen molar-refractivity contribution >= 4 is 16.8 Å². The maximum atomic E-state index is 12.8. The van der Waals surface area contributed by atoms with Gasteiger partial charge in [0.15, 0.2) is 0 Å². The van der Waals surface area contributed by atoms with E-state index >= 15 is 0 Å². The summed E-state index contributed by atoms with van der Waals surface area (Å²) in [5.74, 6) is 1.12. The standard InChI is InChI=1S/C23H29N3O2/c1-16(2)20-15-28-23-10-12-25(14-19(23)8-9-21(27)26(20)23)13-18-6-3-5-17-7-4-11-24-22(17)18/h3-7,11,16,19-20H,8-10,12-15H2,1-2H3/t19-,20-,23-/m1/s1. The lowest BCUT2D eigenvalue weighted by atomic mass is 9.79. The Hall–Kier alpha value is -1.98. The first-order valence-corrected chi connectivity index (χ1v) is 10.6. The Kier molecular flexibility index (Phi) is 4.40. The van der Waals surface area contributed by atoms with E-state index in [4.69, 9.17) is 4.74 Å². The summed E-state index contributed by atoms with van der Waals surface area (Å²) in [5.41, 5.74) is 2.02. The summed E-state index contributed by atoms with van der Waals surface area (Å²) in [7, 11) is 0. The van der Waals surface area contributed by atoms with Gasteiger partial charge >= 0.3 is 0 Å². The summed E-state index contributed by atoms with van der Waals surface area (Å²) in [4.78, 5) is 22.1. The smallest absolute Gasteiger partial charge is 0.225 e. The molecule has 3 saturated heterocycles. The minimum Gasteiger partial charge on any atom is -0.353 e. The van der Waals surface area contributed by atoms with Crippen LogP contribution in [0.4, 0.5) is 0 Å². The minimum atomic E-state index is -0.363. The molecule has 1 amide bonds. The predicted molar refractivity (Wildman–Crippen MR) is 109 cm³/mol. The fourth-order valence-electron chi connectivity index (χ4n) is 5.53. The van der Waals surface area contributed by atoms with E-state index in [0.717, 1.165) is 38.0 Å². The van der Waals surface area contributed by atoms with Crippen LogP contribution in [0.5, 0.6) is 0 Å². The largest absolute Gasteiger partial charge is 0.353 e. The minimum absolute atomic E-state index is 0.226. The third kappa shape index (κ3) is 2.75. The number of benzene rings is 1. The number of piperidine rings is 2. The number of amides is 1. The van der Waals surface area contributed by atoms with Gasteiger partial charge in [-0.1, -0.05) is 38.1 Å². The first-order chi connectivity index (χ1) is 13.6. The van der Waals surface area contributed by atoms with E-state index in [0.29, 0.717) is 30.8 Å². The lowest BCUT2D eigenvalue weighted by molar-refractivity contribution is -0.193. The van der Waals surface area contributed by atoms with Gasteiger partial charge in [-0.3, -0.25) is 14.7 Å². The molecule has 1 aromatic heterocycles. The number of rotatable bonds is 3. The molecule has 4 heterocycles. The van der Waals surface area contributed by atoms with E-state index in [-0.39, 0.29) is 11.8 Å². The summed E-state index contributed by atoms with van der Waals surface area (Å²) in [6, 6.07) is 10.8. The van der Waals surface area contributed by atoms with Gasteiger partial charge in [0.1, 0.15) is 5.72 Å². The molecule has 3 atom stereocenters. The highest BCUT2D eigenvalue weighted by atomic mass is 16.5. The second-order valence-corrected chi connectivity index (χ2v) is 8.94. The van der Waals surface area contributed by atoms with Crippen LogP contribution < -0.4 is 0 Å². The summed E-state index contributed by atoms with van der Waals surface area (Å²) in [5, 5.41) is 1.20. The number of pyridine rings is 1. The SMILES string of the molecule is CC(C)[C@H]1CO[C@]23CCN(Cc4cccc5cccnc45)C[C@H]2CCC(=O)N13.